The van der Waals surface area contributed by atoms with Crippen LogP contribution in [0.15, 0.2) is 69.8 Å². The Bertz CT molecular complexity index is 1110. The molecule has 1 heterocycles. The summed E-state index contributed by atoms with van der Waals surface area (Å²) < 4.78 is 10.6. The van der Waals surface area contributed by atoms with Crippen molar-refractivity contribution in [3.05, 3.63) is 70.3 Å². The van der Waals surface area contributed by atoms with Gasteiger partial charge in [0.1, 0.15) is 23.0 Å². The molecular weight excluding hydrogens is 456 g/mol. The molecular formula is C25H28N2O6S. The average molecular weight is 485 g/mol. The molecule has 0 amide bonds. The van der Waals surface area contributed by atoms with Crippen molar-refractivity contribution in [3.8, 4) is 11.5 Å². The first-order valence-corrected chi connectivity index (χ1v) is 11.6. The van der Waals surface area contributed by atoms with Crippen molar-refractivity contribution in [1.29, 1.82) is 0 Å². The molecule has 0 aromatic heterocycles. The molecule has 8 nitrogen and oxygen atoms in total. The summed E-state index contributed by atoms with van der Waals surface area (Å²) in [5.41, 5.74) is 6.86. The lowest BCUT2D eigenvalue weighted by Gasteiger charge is -2.15. The Morgan fingerprint density at radius 1 is 1.21 bits per heavy atom. The van der Waals surface area contributed by atoms with Crippen LogP contribution >= 0.6 is 11.8 Å². The van der Waals surface area contributed by atoms with Crippen LogP contribution in [-0.2, 0) is 9.53 Å². The van der Waals surface area contributed by atoms with Gasteiger partial charge in [0.05, 0.1) is 23.3 Å². The molecule has 0 spiro atoms. The van der Waals surface area contributed by atoms with Crippen LogP contribution in [0.25, 0.3) is 6.08 Å². The largest absolute Gasteiger partial charge is 0.506 e. The van der Waals surface area contributed by atoms with Gasteiger partial charge in [-0.05, 0) is 56.2 Å². The number of para-hydroxylation sites is 1. The quantitative estimate of drug-likeness (QED) is 0.392. The maximum absolute atomic E-state index is 12.5. The Kier molecular flexibility index (Phi) is 8.75. The molecule has 0 saturated carbocycles. The number of phenols is 1. The summed E-state index contributed by atoms with van der Waals surface area (Å²) in [4.78, 5) is 17.4. The Labute approximate surface area is 202 Å². The van der Waals surface area contributed by atoms with Crippen molar-refractivity contribution in [2.24, 2.45) is 10.7 Å². The summed E-state index contributed by atoms with van der Waals surface area (Å²) in [6.07, 6.45) is 1.26. The standard InChI is InChI=1S/C25H28N2O6S/c1-3-32-25(31)22-23(30)21(34-24(22)27-17-7-5-4-6-8-17)13-16-9-10-20(19(29)12-16)33-14-18(28)11-15(2)26/h4-10,12-13,15,18,28-30H,3,11,14,26H2,1-2H3/b21-13-,27-24?/t15-,18+/m1/s1. The molecule has 0 fully saturated rings. The van der Waals surface area contributed by atoms with E-state index in [0.29, 0.717) is 27.6 Å². The summed E-state index contributed by atoms with van der Waals surface area (Å²) in [6.45, 7) is 3.63. The number of hydrogen-bond acceptors (Lipinski definition) is 9. The number of carbonyl (C=O) groups is 1. The van der Waals surface area contributed by atoms with E-state index in [0.717, 1.165) is 11.8 Å². The first-order chi connectivity index (χ1) is 16.3. The van der Waals surface area contributed by atoms with Crippen LogP contribution in [-0.4, -0.2) is 51.7 Å². The minimum absolute atomic E-state index is 0.00285. The van der Waals surface area contributed by atoms with Gasteiger partial charge >= 0.3 is 5.97 Å². The zero-order valence-corrected chi connectivity index (χ0v) is 19.8. The second-order valence-corrected chi connectivity index (χ2v) is 8.74. The number of nitrogens with zero attached hydrogens (tertiary/aromatic N) is 1. The highest BCUT2D eigenvalue weighted by Crippen LogP contribution is 2.41. The summed E-state index contributed by atoms with van der Waals surface area (Å²) in [7, 11) is 0. The summed E-state index contributed by atoms with van der Waals surface area (Å²) in [5, 5.41) is 31.3. The number of nitrogens with two attached hydrogens (primary N) is 1. The first-order valence-electron chi connectivity index (χ1n) is 10.8. The topological polar surface area (TPSA) is 135 Å². The van der Waals surface area contributed by atoms with E-state index in [1.54, 1.807) is 44.2 Å². The molecule has 0 radical (unpaired) electrons. The second-order valence-electron chi connectivity index (χ2n) is 7.71. The maximum atomic E-state index is 12.5. The number of carbonyl (C=O) groups excluding carboxylic acids is 1. The minimum atomic E-state index is -0.748. The number of aliphatic hydroxyl groups excluding tert-OH is 2. The predicted molar refractivity (Wildman–Crippen MR) is 133 cm³/mol. The lowest BCUT2D eigenvalue weighted by atomic mass is 10.1. The van der Waals surface area contributed by atoms with Crippen LogP contribution in [0.3, 0.4) is 0 Å². The maximum Gasteiger partial charge on any atom is 0.344 e. The zero-order valence-electron chi connectivity index (χ0n) is 19.0. The lowest BCUT2D eigenvalue weighted by molar-refractivity contribution is -0.138. The SMILES string of the molecule is CCOC(=O)C1=C(O)/C(=C/c2ccc(OC[C@@H](O)C[C@@H](C)N)c(O)c2)SC1=Nc1ccccc1. The van der Waals surface area contributed by atoms with Gasteiger partial charge < -0.3 is 30.5 Å². The Morgan fingerprint density at radius 3 is 2.59 bits per heavy atom. The van der Waals surface area contributed by atoms with E-state index in [4.69, 9.17) is 15.2 Å². The van der Waals surface area contributed by atoms with Crippen molar-refractivity contribution in [2.45, 2.75) is 32.4 Å². The predicted octanol–water partition coefficient (Wildman–Crippen LogP) is 4.06. The third-order valence-corrected chi connectivity index (χ3v) is 5.73. The highest BCUT2D eigenvalue weighted by atomic mass is 32.2. The molecule has 9 heteroatoms. The van der Waals surface area contributed by atoms with Crippen LogP contribution < -0.4 is 10.5 Å². The molecule has 1 aliphatic rings. The molecule has 2 aromatic rings. The molecule has 0 saturated heterocycles. The Hall–Kier alpha value is -3.27. The smallest absolute Gasteiger partial charge is 0.344 e. The van der Waals surface area contributed by atoms with Gasteiger partial charge in [-0.25, -0.2) is 9.79 Å². The molecule has 5 N–H and O–H groups in total. The number of rotatable bonds is 9. The number of thioether (sulfide) groups is 1. The fourth-order valence-electron chi connectivity index (χ4n) is 3.19. The van der Waals surface area contributed by atoms with Crippen LogP contribution in [0.5, 0.6) is 11.5 Å². The fourth-order valence-corrected chi connectivity index (χ4v) is 4.23. The number of aliphatic imine (C=N–C) groups is 1. The van der Waals surface area contributed by atoms with E-state index >= 15 is 0 Å². The number of aromatic hydroxyl groups is 1. The fraction of sp³-hybridized carbons (Fsp3) is 0.280. The number of hydrogen-bond donors (Lipinski definition) is 4. The number of esters is 1. The van der Waals surface area contributed by atoms with Crippen LogP contribution in [0.2, 0.25) is 0 Å². The monoisotopic (exact) mass is 484 g/mol. The van der Waals surface area contributed by atoms with Crippen molar-refractivity contribution < 1.29 is 29.6 Å². The van der Waals surface area contributed by atoms with E-state index in [1.807, 2.05) is 18.2 Å². The van der Waals surface area contributed by atoms with E-state index in [1.165, 1.54) is 6.07 Å². The Morgan fingerprint density at radius 2 is 1.94 bits per heavy atom. The van der Waals surface area contributed by atoms with Crippen LogP contribution in [0, 0.1) is 0 Å². The lowest BCUT2D eigenvalue weighted by Crippen LogP contribution is -2.27. The first kappa shape index (κ1) is 25.4. The number of aliphatic hydroxyl groups is 2. The molecule has 0 bridgehead atoms. The highest BCUT2D eigenvalue weighted by Gasteiger charge is 2.33. The van der Waals surface area contributed by atoms with Gasteiger partial charge in [0.15, 0.2) is 11.5 Å². The van der Waals surface area contributed by atoms with Gasteiger partial charge in [-0.15, -0.1) is 0 Å². The van der Waals surface area contributed by atoms with Crippen molar-refractivity contribution in [2.75, 3.05) is 13.2 Å². The van der Waals surface area contributed by atoms with E-state index in [9.17, 15) is 20.1 Å². The second kappa shape index (κ2) is 11.7. The minimum Gasteiger partial charge on any atom is -0.506 e. The van der Waals surface area contributed by atoms with Gasteiger partial charge in [0.25, 0.3) is 0 Å². The molecule has 0 unspecified atom stereocenters. The number of phenolic OH excluding ortho intramolecular Hbond substituents is 1. The van der Waals surface area contributed by atoms with Gasteiger partial charge in [0, 0.05) is 6.04 Å². The van der Waals surface area contributed by atoms with Gasteiger partial charge in [0.2, 0.25) is 0 Å². The van der Waals surface area contributed by atoms with Gasteiger partial charge in [-0.2, -0.15) is 0 Å². The normalized spacial score (nSPS) is 17.8. The van der Waals surface area contributed by atoms with Gasteiger partial charge in [-0.1, -0.05) is 36.0 Å². The van der Waals surface area contributed by atoms with Crippen molar-refractivity contribution in [3.63, 3.8) is 0 Å². The highest BCUT2D eigenvalue weighted by molar-refractivity contribution is 8.18. The zero-order chi connectivity index (χ0) is 24.7. The van der Waals surface area contributed by atoms with E-state index in [2.05, 4.69) is 4.99 Å². The van der Waals surface area contributed by atoms with Crippen molar-refractivity contribution in [1.82, 2.24) is 0 Å². The third-order valence-electron chi connectivity index (χ3n) is 4.71. The molecule has 180 valence electrons. The number of ether oxygens (including phenoxy) is 2. The summed E-state index contributed by atoms with van der Waals surface area (Å²) in [5.74, 6) is -0.819. The molecule has 2 atom stereocenters. The summed E-state index contributed by atoms with van der Waals surface area (Å²) >= 11 is 1.13. The van der Waals surface area contributed by atoms with Crippen LogP contribution in [0.1, 0.15) is 25.8 Å². The van der Waals surface area contributed by atoms with E-state index < -0.39 is 12.1 Å². The summed E-state index contributed by atoms with van der Waals surface area (Å²) in [6, 6.07) is 13.6. The third kappa shape index (κ3) is 6.63. The molecule has 0 aliphatic carbocycles. The van der Waals surface area contributed by atoms with Crippen molar-refractivity contribution >= 4 is 34.5 Å². The Balaban J connectivity index is 1.85. The molecule has 2 aromatic carbocycles. The van der Waals surface area contributed by atoms with Gasteiger partial charge in [-0.3, -0.25) is 0 Å². The molecule has 1 aliphatic heterocycles. The number of benzene rings is 2. The molecule has 34 heavy (non-hydrogen) atoms. The van der Waals surface area contributed by atoms with E-state index in [-0.39, 0.29) is 42.1 Å². The average Bonchev–Trinajstić information content (AvgIpc) is 3.08. The molecule has 3 rings (SSSR count). The van der Waals surface area contributed by atoms with Crippen LogP contribution in [0.4, 0.5) is 5.69 Å².